The number of carbonyl (C=O) groups is 1. The number of hydrogen-bond acceptors (Lipinski definition) is 6. The lowest BCUT2D eigenvalue weighted by Crippen LogP contribution is -2.76. The number of carbonyl (C=O) groups excluding carboxylic acids is 1. The number of ether oxygens (including phenoxy) is 1. The van der Waals surface area contributed by atoms with Gasteiger partial charge in [-0.25, -0.2) is 0 Å². The minimum absolute atomic E-state index is 0.0326. The van der Waals surface area contributed by atoms with Gasteiger partial charge in [0.2, 0.25) is 0 Å². The van der Waals surface area contributed by atoms with Crippen molar-refractivity contribution in [1.82, 2.24) is 4.90 Å². The molecule has 2 aromatic rings. The maximum Gasteiger partial charge on any atom is 0.174 e. The van der Waals surface area contributed by atoms with Gasteiger partial charge in [0.1, 0.15) is 0 Å². The third kappa shape index (κ3) is 1.71. The van der Waals surface area contributed by atoms with E-state index in [1.807, 2.05) is 12.1 Å². The maximum atomic E-state index is 12.8. The highest BCUT2D eigenvalue weighted by atomic mass is 16.5. The fraction of sp³-hybridized carbons (Fsp3) is 0.476. The standard InChI is InChI=1S/C21H21NO5/c23-14-2-1-13-9-16-21(25)5-3-15(24)19-20(21,17(13)18(14)27-19)6-7-22(16)10-12-4-8-26-11-12/h1-2,4,8,11,16,19,23,25H,3,5-7,9-10H2/t16-,19-,20+,21+/m0/s1. The molecule has 140 valence electrons. The van der Waals surface area contributed by atoms with Gasteiger partial charge in [-0.2, -0.15) is 0 Å². The fourth-order valence-electron chi connectivity index (χ4n) is 6.22. The first kappa shape index (κ1) is 15.7. The summed E-state index contributed by atoms with van der Waals surface area (Å²) in [5.41, 5.74) is 1.24. The Morgan fingerprint density at radius 1 is 1.26 bits per heavy atom. The second kappa shape index (κ2) is 4.94. The predicted octanol–water partition coefficient (Wildman–Crippen LogP) is 1.91. The fourth-order valence-corrected chi connectivity index (χ4v) is 6.22. The zero-order valence-corrected chi connectivity index (χ0v) is 14.9. The molecule has 4 atom stereocenters. The summed E-state index contributed by atoms with van der Waals surface area (Å²) in [4.78, 5) is 15.1. The van der Waals surface area contributed by atoms with Crippen LogP contribution in [0.25, 0.3) is 0 Å². The zero-order chi connectivity index (χ0) is 18.4. The van der Waals surface area contributed by atoms with Gasteiger partial charge in [0.05, 0.1) is 23.5 Å². The molecule has 6 rings (SSSR count). The topological polar surface area (TPSA) is 83.1 Å². The Bertz CT molecular complexity index is 954. The average Bonchev–Trinajstić information content (AvgIpc) is 3.27. The van der Waals surface area contributed by atoms with E-state index in [4.69, 9.17) is 9.15 Å². The number of aromatic hydroxyl groups is 1. The number of nitrogens with zero attached hydrogens (tertiary/aromatic N) is 1. The van der Waals surface area contributed by atoms with E-state index in [1.165, 1.54) is 0 Å². The van der Waals surface area contributed by atoms with Crippen LogP contribution in [0.5, 0.6) is 11.5 Å². The normalized spacial score (nSPS) is 36.4. The summed E-state index contributed by atoms with van der Waals surface area (Å²) in [6.45, 7) is 1.47. The molecule has 1 aromatic carbocycles. The lowest BCUT2D eigenvalue weighted by Gasteiger charge is -2.62. The Balaban J connectivity index is 1.54. The quantitative estimate of drug-likeness (QED) is 0.844. The van der Waals surface area contributed by atoms with E-state index in [1.54, 1.807) is 18.6 Å². The smallest absolute Gasteiger partial charge is 0.174 e. The van der Waals surface area contributed by atoms with Crippen LogP contribution in [0, 0.1) is 0 Å². The molecule has 3 heterocycles. The summed E-state index contributed by atoms with van der Waals surface area (Å²) in [6, 6.07) is 5.43. The van der Waals surface area contributed by atoms with Gasteiger partial charge in [-0.05, 0) is 37.0 Å². The average molecular weight is 367 g/mol. The highest BCUT2D eigenvalue weighted by molar-refractivity contribution is 5.90. The van der Waals surface area contributed by atoms with Crippen molar-refractivity contribution in [1.29, 1.82) is 0 Å². The summed E-state index contributed by atoms with van der Waals surface area (Å²) >= 11 is 0. The number of benzene rings is 1. The van der Waals surface area contributed by atoms with E-state index in [0.29, 0.717) is 38.0 Å². The van der Waals surface area contributed by atoms with Gasteiger partial charge < -0.3 is 19.4 Å². The lowest BCUT2D eigenvalue weighted by molar-refractivity contribution is -0.189. The van der Waals surface area contributed by atoms with Crippen molar-refractivity contribution in [2.24, 2.45) is 0 Å². The number of piperidine rings is 1. The van der Waals surface area contributed by atoms with Crippen LogP contribution >= 0.6 is 0 Å². The van der Waals surface area contributed by atoms with Gasteiger partial charge in [-0.3, -0.25) is 9.69 Å². The Morgan fingerprint density at radius 3 is 2.96 bits per heavy atom. The van der Waals surface area contributed by atoms with Crippen LogP contribution in [0.4, 0.5) is 0 Å². The molecule has 4 aliphatic rings. The van der Waals surface area contributed by atoms with Gasteiger partial charge in [0.25, 0.3) is 0 Å². The van der Waals surface area contributed by atoms with E-state index in [9.17, 15) is 15.0 Å². The van der Waals surface area contributed by atoms with Crippen molar-refractivity contribution in [2.45, 2.75) is 55.4 Å². The molecule has 1 saturated carbocycles. The first-order valence-electron chi connectivity index (χ1n) is 9.57. The second-order valence-corrected chi connectivity index (χ2v) is 8.38. The van der Waals surface area contributed by atoms with E-state index in [-0.39, 0.29) is 17.6 Å². The lowest BCUT2D eigenvalue weighted by atomic mass is 9.49. The van der Waals surface area contributed by atoms with Gasteiger partial charge >= 0.3 is 0 Å². The van der Waals surface area contributed by atoms with Crippen LogP contribution < -0.4 is 4.74 Å². The van der Waals surface area contributed by atoms with Crippen molar-refractivity contribution >= 4 is 5.78 Å². The Kier molecular flexibility index (Phi) is 2.88. The minimum atomic E-state index is -1.04. The number of furan rings is 1. The molecule has 2 aliphatic carbocycles. The predicted molar refractivity (Wildman–Crippen MR) is 94.6 cm³/mol. The van der Waals surface area contributed by atoms with Crippen LogP contribution in [0.1, 0.15) is 36.0 Å². The van der Waals surface area contributed by atoms with Gasteiger partial charge in [0, 0.05) is 36.7 Å². The molecular weight excluding hydrogens is 346 g/mol. The molecule has 6 nitrogen and oxygen atoms in total. The number of hydrogen-bond donors (Lipinski definition) is 2. The first-order valence-corrected chi connectivity index (χ1v) is 9.57. The molecule has 2 fully saturated rings. The number of rotatable bonds is 2. The van der Waals surface area contributed by atoms with Gasteiger partial charge in [-0.15, -0.1) is 0 Å². The van der Waals surface area contributed by atoms with E-state index in [2.05, 4.69) is 4.90 Å². The van der Waals surface area contributed by atoms with E-state index >= 15 is 0 Å². The number of phenolic OH excluding ortho intramolecular Hbond substituents is 1. The first-order chi connectivity index (χ1) is 13.0. The Morgan fingerprint density at radius 2 is 2.15 bits per heavy atom. The summed E-state index contributed by atoms with van der Waals surface area (Å²) in [6.07, 6.45) is 4.78. The highest BCUT2D eigenvalue weighted by Crippen LogP contribution is 2.64. The Labute approximate surface area is 156 Å². The molecule has 2 aliphatic heterocycles. The molecular formula is C21H21NO5. The molecule has 0 unspecified atom stereocenters. The third-order valence-corrected chi connectivity index (χ3v) is 7.33. The van der Waals surface area contributed by atoms with Crippen molar-refractivity contribution < 1.29 is 24.2 Å². The van der Waals surface area contributed by atoms with Crippen LogP contribution in [-0.4, -0.2) is 45.2 Å². The monoisotopic (exact) mass is 367 g/mol. The Hall–Kier alpha value is -2.31. The van der Waals surface area contributed by atoms with E-state index in [0.717, 1.165) is 23.2 Å². The molecule has 1 spiro atoms. The van der Waals surface area contributed by atoms with Crippen LogP contribution in [0.2, 0.25) is 0 Å². The number of phenols is 1. The second-order valence-electron chi connectivity index (χ2n) is 8.38. The molecule has 6 heteroatoms. The molecule has 27 heavy (non-hydrogen) atoms. The highest BCUT2D eigenvalue weighted by Gasteiger charge is 2.73. The van der Waals surface area contributed by atoms with Crippen LogP contribution in [-0.2, 0) is 23.2 Å². The summed E-state index contributed by atoms with van der Waals surface area (Å²) in [7, 11) is 0. The van der Waals surface area contributed by atoms with Gasteiger partial charge in [0.15, 0.2) is 23.4 Å². The summed E-state index contributed by atoms with van der Waals surface area (Å²) in [5.74, 6) is 0.505. The number of aliphatic hydroxyl groups is 1. The number of ketones is 1. The SMILES string of the molecule is O=C1CC[C@@]2(O)[C@@H]3Cc4ccc(O)c5c4[C@]2(CCN3Cc2ccoc2)[C@H]1O5. The third-order valence-electron chi connectivity index (χ3n) is 7.33. The van der Waals surface area contributed by atoms with Crippen molar-refractivity contribution in [2.75, 3.05) is 6.54 Å². The molecule has 2 bridgehead atoms. The van der Waals surface area contributed by atoms with Crippen LogP contribution in [0.3, 0.4) is 0 Å². The molecule has 2 N–H and O–H groups in total. The molecule has 1 saturated heterocycles. The van der Waals surface area contributed by atoms with Crippen molar-refractivity contribution in [3.8, 4) is 11.5 Å². The maximum absolute atomic E-state index is 12.8. The zero-order valence-electron chi connectivity index (χ0n) is 14.9. The minimum Gasteiger partial charge on any atom is -0.504 e. The number of likely N-dealkylation sites (tertiary alicyclic amines) is 1. The van der Waals surface area contributed by atoms with Crippen LogP contribution in [0.15, 0.2) is 35.1 Å². The molecule has 1 aromatic heterocycles. The van der Waals surface area contributed by atoms with Crippen molar-refractivity contribution in [3.05, 3.63) is 47.4 Å². The molecule has 0 radical (unpaired) electrons. The van der Waals surface area contributed by atoms with Crippen molar-refractivity contribution in [3.63, 3.8) is 0 Å². The largest absolute Gasteiger partial charge is 0.504 e. The summed E-state index contributed by atoms with van der Waals surface area (Å²) in [5, 5.41) is 22.4. The van der Waals surface area contributed by atoms with Gasteiger partial charge in [-0.1, -0.05) is 6.07 Å². The molecule has 0 amide bonds. The van der Waals surface area contributed by atoms with E-state index < -0.39 is 17.1 Å². The summed E-state index contributed by atoms with van der Waals surface area (Å²) < 4.78 is 11.3. The number of Topliss-reactive ketones (excluding diaryl/α,β-unsaturated/α-hetero) is 1.